The maximum absolute atomic E-state index is 13.5. The van der Waals surface area contributed by atoms with E-state index in [1.165, 1.54) is 0 Å². The van der Waals surface area contributed by atoms with Gasteiger partial charge in [0.05, 0.1) is 19.6 Å². The molecule has 0 saturated carbocycles. The average Bonchev–Trinajstić information content (AvgIpc) is 3.38. The molecule has 2 fully saturated rings. The molecule has 1 aromatic heterocycles. The van der Waals surface area contributed by atoms with Crippen molar-refractivity contribution in [3.63, 3.8) is 0 Å². The quantitative estimate of drug-likeness (QED) is 0.752. The van der Waals surface area contributed by atoms with E-state index >= 15 is 0 Å². The number of piperidine rings is 1. The van der Waals surface area contributed by atoms with Gasteiger partial charge in [0.15, 0.2) is 11.5 Å². The topological polar surface area (TPSA) is 76.9 Å². The fourth-order valence-electron chi connectivity index (χ4n) is 4.70. The summed E-state index contributed by atoms with van der Waals surface area (Å²) in [6.45, 7) is 2.20. The number of para-hydroxylation sites is 1. The third-order valence-corrected chi connectivity index (χ3v) is 6.24. The summed E-state index contributed by atoms with van der Waals surface area (Å²) in [7, 11) is 5.00. The lowest BCUT2D eigenvalue weighted by atomic mass is 9.78. The van der Waals surface area contributed by atoms with Crippen LogP contribution in [0.25, 0.3) is 0 Å². The molecule has 2 aliphatic heterocycles. The number of carbonyl (C=O) groups is 2. The van der Waals surface area contributed by atoms with Gasteiger partial charge in [-0.25, -0.2) is 0 Å². The molecule has 0 bridgehead atoms. The van der Waals surface area contributed by atoms with Crippen molar-refractivity contribution in [1.29, 1.82) is 0 Å². The highest BCUT2D eigenvalue weighted by Gasteiger charge is 2.49. The van der Waals surface area contributed by atoms with Crippen LogP contribution < -0.4 is 9.47 Å². The molecule has 1 atom stereocenters. The Labute approximate surface area is 176 Å². The van der Waals surface area contributed by atoms with Crippen LogP contribution in [0.2, 0.25) is 0 Å². The zero-order valence-electron chi connectivity index (χ0n) is 17.8. The number of likely N-dealkylation sites (tertiary alicyclic amines) is 2. The summed E-state index contributed by atoms with van der Waals surface area (Å²) in [6, 6.07) is 7.43. The molecule has 8 heteroatoms. The van der Waals surface area contributed by atoms with Gasteiger partial charge in [0.2, 0.25) is 5.91 Å². The van der Waals surface area contributed by atoms with Crippen LogP contribution >= 0.6 is 0 Å². The minimum Gasteiger partial charge on any atom is -0.493 e. The monoisotopic (exact) mass is 412 g/mol. The highest BCUT2D eigenvalue weighted by molar-refractivity contribution is 5.93. The van der Waals surface area contributed by atoms with Crippen LogP contribution in [0.5, 0.6) is 11.5 Å². The van der Waals surface area contributed by atoms with E-state index in [0.717, 1.165) is 18.4 Å². The van der Waals surface area contributed by atoms with E-state index in [1.54, 1.807) is 43.1 Å². The number of hydrogen-bond acceptors (Lipinski definition) is 5. The van der Waals surface area contributed by atoms with E-state index in [0.29, 0.717) is 49.8 Å². The van der Waals surface area contributed by atoms with Crippen molar-refractivity contribution < 1.29 is 19.1 Å². The molecule has 2 aromatic rings. The molecule has 2 amide bonds. The highest BCUT2D eigenvalue weighted by atomic mass is 16.5. The van der Waals surface area contributed by atoms with Crippen LogP contribution in [0.3, 0.4) is 0 Å². The number of rotatable bonds is 5. The van der Waals surface area contributed by atoms with Crippen LogP contribution in [0.15, 0.2) is 30.5 Å². The van der Waals surface area contributed by atoms with Gasteiger partial charge in [0, 0.05) is 45.0 Å². The Morgan fingerprint density at radius 3 is 2.70 bits per heavy atom. The fraction of sp³-hybridized carbons (Fsp3) is 0.500. The number of benzene rings is 1. The van der Waals surface area contributed by atoms with Crippen molar-refractivity contribution in [2.45, 2.75) is 25.8 Å². The summed E-state index contributed by atoms with van der Waals surface area (Å²) >= 11 is 0. The first-order valence-electron chi connectivity index (χ1n) is 10.3. The standard InChI is InChI=1S/C22H28N4O4/c1-24-12-8-17(23-24)20(27)26-13-10-22(15-26)9-5-11-25(21(22)28)14-16-6-4-7-18(29-2)19(16)30-3/h4,6-8,12H,5,9-11,13-15H2,1-3H3/t22-/m0/s1. The van der Waals surface area contributed by atoms with Crippen LogP contribution in [-0.2, 0) is 18.4 Å². The predicted molar refractivity (Wildman–Crippen MR) is 110 cm³/mol. The Bertz CT molecular complexity index is 956. The number of ether oxygens (including phenoxy) is 2. The summed E-state index contributed by atoms with van der Waals surface area (Å²) in [5.74, 6) is 1.33. The molecule has 160 valence electrons. The number of aromatic nitrogens is 2. The van der Waals surface area contributed by atoms with Gasteiger partial charge >= 0.3 is 0 Å². The first kappa shape index (κ1) is 20.3. The number of hydrogen-bond donors (Lipinski definition) is 0. The fourth-order valence-corrected chi connectivity index (χ4v) is 4.70. The minimum absolute atomic E-state index is 0.105. The maximum atomic E-state index is 13.5. The molecule has 0 aliphatic carbocycles. The van der Waals surface area contributed by atoms with Crippen molar-refractivity contribution in [2.24, 2.45) is 12.5 Å². The summed E-state index contributed by atoms with van der Waals surface area (Å²) in [4.78, 5) is 30.0. The molecule has 0 N–H and O–H groups in total. The molecule has 0 radical (unpaired) electrons. The Kier molecular flexibility index (Phi) is 5.40. The SMILES string of the molecule is COc1cccc(CN2CCC[C@@]3(CCN(C(=O)c4ccn(C)n4)C3)C2=O)c1OC. The Morgan fingerprint density at radius 1 is 1.17 bits per heavy atom. The van der Waals surface area contributed by atoms with Crippen LogP contribution in [0.1, 0.15) is 35.3 Å². The third-order valence-electron chi connectivity index (χ3n) is 6.24. The molecule has 8 nitrogen and oxygen atoms in total. The lowest BCUT2D eigenvalue weighted by Crippen LogP contribution is -2.50. The van der Waals surface area contributed by atoms with Crippen LogP contribution in [0.4, 0.5) is 0 Å². The van der Waals surface area contributed by atoms with E-state index in [-0.39, 0.29) is 11.8 Å². The van der Waals surface area contributed by atoms with Crippen LogP contribution in [0, 0.1) is 5.41 Å². The second-order valence-electron chi connectivity index (χ2n) is 8.11. The van der Waals surface area contributed by atoms with Gasteiger partial charge in [-0.1, -0.05) is 12.1 Å². The minimum atomic E-state index is -0.505. The molecule has 2 aliphatic rings. The Balaban J connectivity index is 1.51. The maximum Gasteiger partial charge on any atom is 0.274 e. The lowest BCUT2D eigenvalue weighted by Gasteiger charge is -2.39. The predicted octanol–water partition coefficient (Wildman–Crippen LogP) is 2.09. The van der Waals surface area contributed by atoms with Gasteiger partial charge in [-0.2, -0.15) is 5.10 Å². The van der Waals surface area contributed by atoms with E-state index in [2.05, 4.69) is 5.10 Å². The number of amides is 2. The van der Waals surface area contributed by atoms with Gasteiger partial charge in [-0.15, -0.1) is 0 Å². The average molecular weight is 412 g/mol. The summed E-state index contributed by atoms with van der Waals surface area (Å²) in [5.41, 5.74) is 0.840. The van der Waals surface area contributed by atoms with Crippen LogP contribution in [-0.4, -0.2) is 65.2 Å². The highest BCUT2D eigenvalue weighted by Crippen LogP contribution is 2.41. The van der Waals surface area contributed by atoms with Gasteiger partial charge in [-0.3, -0.25) is 14.3 Å². The molecule has 2 saturated heterocycles. The summed E-state index contributed by atoms with van der Waals surface area (Å²) in [6.07, 6.45) is 4.18. The second-order valence-corrected chi connectivity index (χ2v) is 8.11. The first-order chi connectivity index (χ1) is 14.5. The van der Waals surface area contributed by atoms with E-state index < -0.39 is 5.41 Å². The Morgan fingerprint density at radius 2 is 2.00 bits per heavy atom. The van der Waals surface area contributed by atoms with Crippen molar-refractivity contribution in [3.05, 3.63) is 41.7 Å². The first-order valence-corrected chi connectivity index (χ1v) is 10.3. The van der Waals surface area contributed by atoms with E-state index in [4.69, 9.17) is 9.47 Å². The van der Waals surface area contributed by atoms with Gasteiger partial charge in [0.25, 0.3) is 5.91 Å². The van der Waals surface area contributed by atoms with Crippen molar-refractivity contribution in [1.82, 2.24) is 19.6 Å². The molecule has 0 unspecified atom stereocenters. The lowest BCUT2D eigenvalue weighted by molar-refractivity contribution is -0.146. The molecule has 30 heavy (non-hydrogen) atoms. The molecule has 1 aromatic carbocycles. The summed E-state index contributed by atoms with van der Waals surface area (Å²) in [5, 5.41) is 4.22. The van der Waals surface area contributed by atoms with Crippen molar-refractivity contribution in [2.75, 3.05) is 33.9 Å². The zero-order chi connectivity index (χ0) is 21.3. The van der Waals surface area contributed by atoms with Gasteiger partial charge in [-0.05, 0) is 31.4 Å². The van der Waals surface area contributed by atoms with Crippen molar-refractivity contribution >= 4 is 11.8 Å². The van der Waals surface area contributed by atoms with E-state index in [9.17, 15) is 9.59 Å². The third kappa shape index (κ3) is 3.51. The van der Waals surface area contributed by atoms with Gasteiger partial charge < -0.3 is 19.3 Å². The smallest absolute Gasteiger partial charge is 0.274 e. The molecule has 4 rings (SSSR count). The Hall–Kier alpha value is -3.03. The second kappa shape index (κ2) is 8.01. The number of aryl methyl sites for hydroxylation is 1. The summed E-state index contributed by atoms with van der Waals surface area (Å²) < 4.78 is 12.5. The molecule has 3 heterocycles. The van der Waals surface area contributed by atoms with Gasteiger partial charge in [0.1, 0.15) is 5.69 Å². The zero-order valence-corrected chi connectivity index (χ0v) is 17.8. The van der Waals surface area contributed by atoms with E-state index in [1.807, 2.05) is 23.1 Å². The number of methoxy groups -OCH3 is 2. The van der Waals surface area contributed by atoms with Crippen molar-refractivity contribution in [3.8, 4) is 11.5 Å². The normalized spacial score (nSPS) is 21.4. The largest absolute Gasteiger partial charge is 0.493 e. The number of nitrogens with zero attached hydrogens (tertiary/aromatic N) is 4. The molecular weight excluding hydrogens is 384 g/mol. The molecular formula is C22H28N4O4. The molecule has 1 spiro atoms. The number of carbonyl (C=O) groups excluding carboxylic acids is 2.